The number of fused-ring (bicyclic) bond motifs is 1. The highest BCUT2D eigenvalue weighted by molar-refractivity contribution is 5.97. The lowest BCUT2D eigenvalue weighted by molar-refractivity contribution is -0.286. The fraction of sp³-hybridized carbons (Fsp3) is 0.333. The van der Waals surface area contributed by atoms with Gasteiger partial charge in [0, 0.05) is 43.8 Å². The minimum Gasteiger partial charge on any atom is -0.355 e. The van der Waals surface area contributed by atoms with Crippen molar-refractivity contribution in [2.75, 3.05) is 24.9 Å². The van der Waals surface area contributed by atoms with Crippen LogP contribution in [0, 0.1) is 5.41 Å². The van der Waals surface area contributed by atoms with Crippen molar-refractivity contribution < 1.29 is 27.4 Å². The van der Waals surface area contributed by atoms with Gasteiger partial charge in [-0.3, -0.25) is 4.79 Å². The highest BCUT2D eigenvalue weighted by Gasteiger charge is 2.57. The van der Waals surface area contributed by atoms with Crippen LogP contribution in [0.5, 0.6) is 0 Å². The van der Waals surface area contributed by atoms with Gasteiger partial charge in [-0.05, 0) is 30.3 Å². The van der Waals surface area contributed by atoms with E-state index in [1.54, 1.807) is 56.7 Å². The number of carbonyl (C=O) groups excluding carboxylic acids is 1. The van der Waals surface area contributed by atoms with E-state index < -0.39 is 23.1 Å². The van der Waals surface area contributed by atoms with E-state index in [1.807, 2.05) is 6.92 Å². The number of amides is 1. The number of hydrogen-bond acceptors (Lipinski definition) is 5. The van der Waals surface area contributed by atoms with Crippen molar-refractivity contribution in [3.05, 3.63) is 60.3 Å². The molecule has 0 aliphatic heterocycles. The van der Waals surface area contributed by atoms with Gasteiger partial charge in [-0.15, -0.1) is 0 Å². The van der Waals surface area contributed by atoms with Crippen molar-refractivity contribution in [2.24, 2.45) is 5.41 Å². The summed E-state index contributed by atoms with van der Waals surface area (Å²) >= 11 is 0. The molecule has 1 heterocycles. The maximum Gasteiger partial charge on any atom is 0.433 e. The number of nitrogens with one attached hydrogen (secondary N) is 2. The Morgan fingerprint density at radius 1 is 1.00 bits per heavy atom. The summed E-state index contributed by atoms with van der Waals surface area (Å²) in [7, 11) is 3.09. The Bertz CT molecular complexity index is 1180. The zero-order valence-electron chi connectivity index (χ0n) is 18.4. The first kappa shape index (κ1) is 23.0. The summed E-state index contributed by atoms with van der Waals surface area (Å²) in [6.45, 7) is 1.84. The number of para-hydroxylation sites is 1. The molecule has 0 atom stereocenters. The van der Waals surface area contributed by atoms with Crippen LogP contribution in [0.2, 0.25) is 0 Å². The van der Waals surface area contributed by atoms with E-state index in [1.165, 1.54) is 6.07 Å². The van der Waals surface area contributed by atoms with E-state index in [-0.39, 0.29) is 17.1 Å². The number of rotatable bonds is 6. The molecule has 3 aromatic rings. The van der Waals surface area contributed by atoms with Crippen molar-refractivity contribution in [1.82, 2.24) is 4.98 Å². The minimum atomic E-state index is -4.58. The number of methoxy groups -OCH3 is 2. The summed E-state index contributed by atoms with van der Waals surface area (Å²) in [4.78, 5) is 16.6. The third-order valence-electron chi connectivity index (χ3n) is 6.02. The summed E-state index contributed by atoms with van der Waals surface area (Å²) in [5.41, 5.74) is -0.0829. The molecule has 4 rings (SSSR count). The van der Waals surface area contributed by atoms with Crippen LogP contribution in [0.15, 0.2) is 54.6 Å². The van der Waals surface area contributed by atoms with Gasteiger partial charge in [-0.1, -0.05) is 31.2 Å². The number of pyridine rings is 1. The summed E-state index contributed by atoms with van der Waals surface area (Å²) in [5.74, 6) is -0.938. The Kier molecular flexibility index (Phi) is 5.79. The van der Waals surface area contributed by atoms with Crippen molar-refractivity contribution in [2.45, 2.75) is 31.7 Å². The second-order valence-corrected chi connectivity index (χ2v) is 8.46. The summed E-state index contributed by atoms with van der Waals surface area (Å²) < 4.78 is 50.8. The third-order valence-corrected chi connectivity index (χ3v) is 6.02. The van der Waals surface area contributed by atoms with Crippen LogP contribution in [-0.4, -0.2) is 30.9 Å². The molecule has 1 aromatic heterocycles. The van der Waals surface area contributed by atoms with Crippen LogP contribution in [0.4, 0.5) is 30.2 Å². The zero-order chi connectivity index (χ0) is 23.9. The summed E-state index contributed by atoms with van der Waals surface area (Å²) in [6.07, 6.45) is -3.74. The molecule has 1 saturated carbocycles. The monoisotopic (exact) mass is 459 g/mol. The van der Waals surface area contributed by atoms with Crippen LogP contribution >= 0.6 is 0 Å². The number of ether oxygens (including phenoxy) is 2. The van der Waals surface area contributed by atoms with E-state index in [4.69, 9.17) is 9.47 Å². The molecule has 1 amide bonds. The number of anilines is 3. The highest BCUT2D eigenvalue weighted by Crippen LogP contribution is 2.51. The standard InChI is InChI=1S/C24H24F3N3O3/c1-22(13-23(14-22,32-2)33-3)21(31)29-16-8-6-7-15(11-16)28-19-12-20(24(25,26)27)30-18-10-5-4-9-17(18)19/h4-12H,13-14H2,1-3H3,(H,28,30)(H,29,31). The van der Waals surface area contributed by atoms with E-state index in [0.29, 0.717) is 29.6 Å². The number of aromatic nitrogens is 1. The Morgan fingerprint density at radius 3 is 2.33 bits per heavy atom. The van der Waals surface area contributed by atoms with Gasteiger partial charge in [0.15, 0.2) is 5.79 Å². The molecule has 9 heteroatoms. The van der Waals surface area contributed by atoms with Crippen molar-refractivity contribution in [3.8, 4) is 0 Å². The van der Waals surface area contributed by atoms with Gasteiger partial charge in [0.1, 0.15) is 5.69 Å². The fourth-order valence-corrected chi connectivity index (χ4v) is 4.21. The quantitative estimate of drug-likeness (QED) is 0.461. The topological polar surface area (TPSA) is 72.5 Å². The molecule has 0 bridgehead atoms. The Balaban J connectivity index is 1.56. The van der Waals surface area contributed by atoms with Gasteiger partial charge in [0.25, 0.3) is 0 Å². The molecule has 1 aliphatic carbocycles. The maximum atomic E-state index is 13.3. The molecule has 0 spiro atoms. The lowest BCUT2D eigenvalue weighted by atomic mass is 9.65. The van der Waals surface area contributed by atoms with Gasteiger partial charge in [-0.25, -0.2) is 4.98 Å². The van der Waals surface area contributed by atoms with Crippen LogP contribution in [0.1, 0.15) is 25.5 Å². The average Bonchev–Trinajstić information content (AvgIpc) is 2.76. The number of halogens is 3. The first-order valence-corrected chi connectivity index (χ1v) is 10.3. The highest BCUT2D eigenvalue weighted by atomic mass is 19.4. The minimum absolute atomic E-state index is 0.182. The molecule has 33 heavy (non-hydrogen) atoms. The predicted octanol–water partition coefficient (Wildman–Crippen LogP) is 5.72. The van der Waals surface area contributed by atoms with Gasteiger partial charge in [-0.2, -0.15) is 13.2 Å². The number of nitrogens with zero attached hydrogens (tertiary/aromatic N) is 1. The molecule has 0 radical (unpaired) electrons. The maximum absolute atomic E-state index is 13.3. The Labute approximate surface area is 189 Å². The van der Waals surface area contributed by atoms with Crippen LogP contribution in [0.25, 0.3) is 10.9 Å². The molecule has 1 fully saturated rings. The lowest BCUT2D eigenvalue weighted by Crippen LogP contribution is -2.57. The fourth-order valence-electron chi connectivity index (χ4n) is 4.21. The van der Waals surface area contributed by atoms with E-state index in [0.717, 1.165) is 6.07 Å². The number of benzene rings is 2. The van der Waals surface area contributed by atoms with E-state index >= 15 is 0 Å². The molecule has 2 N–H and O–H groups in total. The summed E-state index contributed by atoms with van der Waals surface area (Å²) in [5, 5.41) is 6.48. The van der Waals surface area contributed by atoms with Gasteiger partial charge < -0.3 is 20.1 Å². The SMILES string of the molecule is COC1(OC)CC(C)(C(=O)Nc2cccc(Nc3cc(C(F)(F)F)nc4ccccc34)c2)C1. The Hall–Kier alpha value is -3.17. The van der Waals surface area contributed by atoms with Crippen LogP contribution < -0.4 is 10.6 Å². The lowest BCUT2D eigenvalue weighted by Gasteiger charge is -2.51. The van der Waals surface area contributed by atoms with Crippen molar-refractivity contribution >= 4 is 33.9 Å². The average molecular weight is 459 g/mol. The van der Waals surface area contributed by atoms with Gasteiger partial charge in [0.2, 0.25) is 5.91 Å². The molecule has 6 nitrogen and oxygen atoms in total. The molecular weight excluding hydrogens is 435 g/mol. The zero-order valence-corrected chi connectivity index (χ0v) is 18.4. The van der Waals surface area contributed by atoms with Crippen molar-refractivity contribution in [3.63, 3.8) is 0 Å². The number of hydrogen-bond donors (Lipinski definition) is 2. The number of carbonyl (C=O) groups is 1. The molecule has 2 aromatic carbocycles. The number of alkyl halides is 3. The molecular formula is C24H24F3N3O3. The normalized spacial score (nSPS) is 16.8. The molecule has 174 valence electrons. The Morgan fingerprint density at radius 2 is 1.67 bits per heavy atom. The predicted molar refractivity (Wildman–Crippen MR) is 119 cm³/mol. The van der Waals surface area contributed by atoms with Crippen LogP contribution in [-0.2, 0) is 20.4 Å². The molecule has 0 saturated heterocycles. The largest absolute Gasteiger partial charge is 0.433 e. The first-order chi connectivity index (χ1) is 15.6. The smallest absolute Gasteiger partial charge is 0.355 e. The second-order valence-electron chi connectivity index (χ2n) is 8.46. The summed E-state index contributed by atoms with van der Waals surface area (Å²) in [6, 6.07) is 14.4. The van der Waals surface area contributed by atoms with Gasteiger partial charge in [0.05, 0.1) is 16.6 Å². The molecule has 1 aliphatic rings. The van der Waals surface area contributed by atoms with Crippen molar-refractivity contribution in [1.29, 1.82) is 0 Å². The van der Waals surface area contributed by atoms with Gasteiger partial charge >= 0.3 is 6.18 Å². The second kappa shape index (κ2) is 8.31. The first-order valence-electron chi connectivity index (χ1n) is 10.3. The third kappa shape index (κ3) is 4.51. The van der Waals surface area contributed by atoms with Crippen LogP contribution in [0.3, 0.4) is 0 Å². The van der Waals surface area contributed by atoms with E-state index in [9.17, 15) is 18.0 Å². The molecule has 0 unspecified atom stereocenters. The van der Waals surface area contributed by atoms with E-state index in [2.05, 4.69) is 15.6 Å².